The topological polar surface area (TPSA) is 557 Å². The van der Waals surface area contributed by atoms with E-state index < -0.39 is 144 Å². The van der Waals surface area contributed by atoms with Gasteiger partial charge in [0.05, 0.1) is 6.42 Å². The number of hydrogen-bond donors (Lipinski definition) is 18. The van der Waals surface area contributed by atoms with E-state index >= 15 is 0 Å². The molecule has 0 aliphatic heterocycles. The van der Waals surface area contributed by atoms with Gasteiger partial charge in [0.15, 0.2) is 5.96 Å². The van der Waals surface area contributed by atoms with Gasteiger partial charge >= 0.3 is 5.97 Å². The SMILES string of the molecule is CCCCCCCCCCCCCC(=O)N[C@@H](CCCCN)C(=O)N[C@@H](CCCN=C(N)N)C(=O)N[C@@H](CCSC)C(=O)N[C@@H](CCCCN)C(=O)N[C@H](C(=O)N[C@@H](C)C(=O)N[C@@H](CCCCN)C(=O)N[C@@H](CC(N)=O)C(=O)N[C@@H](C)C(=O)N[C@@H](CCC(N)=O)C(=O)O)C(C)C. The van der Waals surface area contributed by atoms with E-state index in [1.807, 2.05) is 0 Å². The fraction of sp³-hybridized carbons (Fsp3) is 0.778. The molecule has 0 radical (unpaired) electrons. The minimum absolute atomic E-state index is 0.0226. The second-order valence-electron chi connectivity index (χ2n) is 24.6. The molecule has 0 fully saturated rings. The fourth-order valence-electron chi connectivity index (χ4n) is 9.95. The van der Waals surface area contributed by atoms with Gasteiger partial charge in [-0.3, -0.25) is 62.5 Å². The van der Waals surface area contributed by atoms with Crippen LogP contribution in [-0.2, 0) is 62.3 Å². The predicted molar refractivity (Wildman–Crippen MR) is 368 cm³/mol. The van der Waals surface area contributed by atoms with Crippen molar-refractivity contribution >= 4 is 94.6 Å². The van der Waals surface area contributed by atoms with E-state index in [4.69, 9.17) is 40.1 Å². The standard InChI is InChI=1S/C63H118N18O14S/c1-7-8-9-10-11-12-13-14-15-16-17-29-51(84)74-42(25-18-21-33-64)55(87)77-45(28-24-36-71-63(69)70)56(88)78-46(32-37-96-6)58(90)76-44(27-20-23-35-66)59(91)81-52(39(2)3)61(93)73-41(5)53(85)75-43(26-19-22-34-65)57(89)80-48(38-50(68)83)60(92)72-40(4)54(86)79-47(62(94)95)30-31-49(67)82/h39-48,52H,7-38,64-66H2,1-6H3,(H2,67,82)(H2,68,83)(H,72,92)(H,73,93)(H,74,84)(H,75,85)(H,76,90)(H,77,87)(H,78,88)(H,79,86)(H,80,89)(H,81,91)(H,94,95)(H4,69,70,71)/t40-,41-,42-,43-,44-,45-,46-,47-,48-,52-/m0/s1. The quantitative estimate of drug-likeness (QED) is 0.0190. The van der Waals surface area contributed by atoms with Crippen LogP contribution in [-0.4, -0.2) is 187 Å². The van der Waals surface area contributed by atoms with Crippen LogP contribution in [0.2, 0.25) is 0 Å². The zero-order valence-electron chi connectivity index (χ0n) is 57.6. The molecule has 0 aliphatic carbocycles. The number of unbranched alkanes of at least 4 members (excludes halogenated alkanes) is 13. The molecule has 0 saturated carbocycles. The van der Waals surface area contributed by atoms with Crippen LogP contribution in [0.5, 0.6) is 0 Å². The Kier molecular flexibility index (Phi) is 48.7. The number of carbonyl (C=O) groups is 13. The summed E-state index contributed by atoms with van der Waals surface area (Å²) in [5.74, 6) is -11.8. The summed E-state index contributed by atoms with van der Waals surface area (Å²) in [6.45, 7) is 8.85. The highest BCUT2D eigenvalue weighted by molar-refractivity contribution is 7.98. The van der Waals surface area contributed by atoms with Crippen molar-refractivity contribution in [1.29, 1.82) is 0 Å². The summed E-state index contributed by atoms with van der Waals surface area (Å²) in [4.78, 5) is 178. The zero-order valence-corrected chi connectivity index (χ0v) is 58.4. The van der Waals surface area contributed by atoms with Crippen LogP contribution in [0.4, 0.5) is 0 Å². The number of amides is 12. The molecule has 0 aromatic carbocycles. The molecule has 96 heavy (non-hydrogen) atoms. The van der Waals surface area contributed by atoms with E-state index in [0.29, 0.717) is 50.8 Å². The van der Waals surface area contributed by atoms with E-state index in [1.165, 1.54) is 64.1 Å². The van der Waals surface area contributed by atoms with E-state index in [-0.39, 0.29) is 95.7 Å². The van der Waals surface area contributed by atoms with Gasteiger partial charge in [-0.1, -0.05) is 85.0 Å². The number of aliphatic imine (C=N–C) groups is 1. The number of aliphatic carboxylic acids is 1. The first-order valence-corrected chi connectivity index (χ1v) is 35.4. The minimum Gasteiger partial charge on any atom is -0.480 e. The Morgan fingerprint density at radius 2 is 0.760 bits per heavy atom. The highest BCUT2D eigenvalue weighted by Crippen LogP contribution is 2.15. The summed E-state index contributed by atoms with van der Waals surface area (Å²) < 4.78 is 0. The number of carboxylic acids is 1. The highest BCUT2D eigenvalue weighted by Gasteiger charge is 2.36. The first-order chi connectivity index (χ1) is 45.6. The van der Waals surface area contributed by atoms with Crippen molar-refractivity contribution in [1.82, 2.24) is 53.2 Å². The third-order valence-electron chi connectivity index (χ3n) is 15.7. The Morgan fingerprint density at radius 3 is 1.17 bits per heavy atom. The number of primary amides is 2. The number of hydrogen-bond acceptors (Lipinski definition) is 18. The normalized spacial score (nSPS) is 14.2. The van der Waals surface area contributed by atoms with Crippen molar-refractivity contribution < 1.29 is 67.4 Å². The van der Waals surface area contributed by atoms with Gasteiger partial charge in [-0.25, -0.2) is 4.79 Å². The third-order valence-corrected chi connectivity index (χ3v) is 16.3. The molecular formula is C63H118N18O14S. The lowest BCUT2D eigenvalue weighted by molar-refractivity contribution is -0.142. The number of guanidine groups is 1. The van der Waals surface area contributed by atoms with Crippen molar-refractivity contribution in [2.24, 2.45) is 51.0 Å². The number of rotatable bonds is 57. The van der Waals surface area contributed by atoms with Crippen LogP contribution in [0.3, 0.4) is 0 Å². The maximum absolute atomic E-state index is 14.4. The fourth-order valence-corrected chi connectivity index (χ4v) is 10.4. The molecule has 0 saturated heterocycles. The zero-order chi connectivity index (χ0) is 72.5. The summed E-state index contributed by atoms with van der Waals surface area (Å²) in [5, 5.41) is 35.3. The van der Waals surface area contributed by atoms with Gasteiger partial charge < -0.3 is 98.4 Å². The van der Waals surface area contributed by atoms with Crippen molar-refractivity contribution in [3.8, 4) is 0 Å². The van der Waals surface area contributed by atoms with Gasteiger partial charge in [0.25, 0.3) is 0 Å². The van der Waals surface area contributed by atoms with Gasteiger partial charge in [0, 0.05) is 19.4 Å². The van der Waals surface area contributed by atoms with Gasteiger partial charge in [-0.2, -0.15) is 11.8 Å². The van der Waals surface area contributed by atoms with Crippen LogP contribution in [0.25, 0.3) is 0 Å². The number of nitrogens with two attached hydrogens (primary N) is 7. The molecule has 0 aliphatic rings. The molecule has 10 atom stereocenters. The number of nitrogens with one attached hydrogen (secondary N) is 10. The van der Waals surface area contributed by atoms with Crippen LogP contribution in [0, 0.1) is 5.92 Å². The summed E-state index contributed by atoms with van der Waals surface area (Å²) in [5.41, 5.74) is 39.0. The smallest absolute Gasteiger partial charge is 0.326 e. The Hall–Kier alpha value is -7.39. The molecule has 32 nitrogen and oxygen atoms in total. The van der Waals surface area contributed by atoms with Crippen LogP contribution in [0.15, 0.2) is 4.99 Å². The first-order valence-electron chi connectivity index (χ1n) is 34.0. The number of carbonyl (C=O) groups excluding carboxylic acids is 12. The summed E-state index contributed by atoms with van der Waals surface area (Å²) in [6.07, 6.45) is 15.8. The molecule has 0 rings (SSSR count). The molecule has 0 aromatic heterocycles. The summed E-state index contributed by atoms with van der Waals surface area (Å²) in [6, 6.07) is -13.6. The van der Waals surface area contributed by atoms with E-state index in [9.17, 15) is 67.4 Å². The number of thioether (sulfide) groups is 1. The molecule has 0 bridgehead atoms. The number of carboxylic acid groups (broad SMARTS) is 1. The van der Waals surface area contributed by atoms with Crippen LogP contribution < -0.4 is 93.3 Å². The van der Waals surface area contributed by atoms with Crippen molar-refractivity contribution in [3.05, 3.63) is 0 Å². The van der Waals surface area contributed by atoms with Crippen LogP contribution >= 0.6 is 11.8 Å². The second kappa shape index (κ2) is 52.8. The number of nitrogens with zero attached hydrogens (tertiary/aromatic N) is 1. The molecule has 0 spiro atoms. The predicted octanol–water partition coefficient (Wildman–Crippen LogP) is -1.35. The maximum atomic E-state index is 14.4. The minimum atomic E-state index is -1.71. The molecule has 33 heteroatoms. The molecule has 0 heterocycles. The van der Waals surface area contributed by atoms with Crippen molar-refractivity contribution in [2.75, 3.05) is 38.2 Å². The Balaban J connectivity index is 6.55. The molecule has 0 aromatic rings. The average molecular weight is 1380 g/mol. The van der Waals surface area contributed by atoms with E-state index in [0.717, 1.165) is 25.7 Å². The van der Waals surface area contributed by atoms with E-state index in [2.05, 4.69) is 65.1 Å². The Labute approximate surface area is 570 Å². The largest absolute Gasteiger partial charge is 0.480 e. The lowest BCUT2D eigenvalue weighted by atomic mass is 10.0. The molecule has 12 amide bonds. The molecule has 0 unspecified atom stereocenters. The first kappa shape index (κ1) is 88.6. The van der Waals surface area contributed by atoms with Crippen LogP contribution in [0.1, 0.15) is 208 Å². The van der Waals surface area contributed by atoms with Gasteiger partial charge in [-0.15, -0.1) is 0 Å². The summed E-state index contributed by atoms with van der Waals surface area (Å²) in [7, 11) is 0. The Bertz CT molecular complexity index is 2440. The molecular weight excluding hydrogens is 1260 g/mol. The summed E-state index contributed by atoms with van der Waals surface area (Å²) >= 11 is 1.39. The average Bonchev–Trinajstić information content (AvgIpc) is 0.910. The van der Waals surface area contributed by atoms with Gasteiger partial charge in [0.1, 0.15) is 60.4 Å². The van der Waals surface area contributed by atoms with Gasteiger partial charge in [0.2, 0.25) is 70.9 Å². The van der Waals surface area contributed by atoms with Crippen molar-refractivity contribution in [2.45, 2.75) is 268 Å². The molecule has 550 valence electrons. The monoisotopic (exact) mass is 1380 g/mol. The second-order valence-corrected chi connectivity index (χ2v) is 25.5. The maximum Gasteiger partial charge on any atom is 0.326 e. The van der Waals surface area contributed by atoms with E-state index in [1.54, 1.807) is 20.1 Å². The lowest BCUT2D eigenvalue weighted by Gasteiger charge is -2.29. The highest BCUT2D eigenvalue weighted by atomic mass is 32.2. The Morgan fingerprint density at radius 1 is 0.385 bits per heavy atom. The molecule has 25 N–H and O–H groups in total. The third kappa shape index (κ3) is 40.9. The van der Waals surface area contributed by atoms with Crippen molar-refractivity contribution in [3.63, 3.8) is 0 Å². The lowest BCUT2D eigenvalue weighted by Crippen LogP contribution is -2.61. The van der Waals surface area contributed by atoms with Gasteiger partial charge in [-0.05, 0) is 141 Å².